The van der Waals surface area contributed by atoms with Crippen LogP contribution >= 0.6 is 0 Å². The molecule has 2 aromatic rings. The summed E-state index contributed by atoms with van der Waals surface area (Å²) in [6.07, 6.45) is -3.05. The number of alkyl halides is 3. The highest BCUT2D eigenvalue weighted by atomic mass is 19.4. The normalized spacial score (nSPS) is 13.1. The van der Waals surface area contributed by atoms with Crippen molar-refractivity contribution in [3.05, 3.63) is 70.8 Å². The van der Waals surface area contributed by atoms with Gasteiger partial charge in [-0.3, -0.25) is 0 Å². The molecular formula is C18H18F5N. The Hall–Kier alpha value is -1.95. The van der Waals surface area contributed by atoms with Crippen LogP contribution in [-0.2, 0) is 19.1 Å². The zero-order valence-electron chi connectivity index (χ0n) is 13.1. The number of aryl methyl sites for hydroxylation is 1. The smallest absolute Gasteiger partial charge is 0.310 e. The second kappa shape index (κ2) is 7.75. The second-order valence-corrected chi connectivity index (χ2v) is 5.76. The van der Waals surface area contributed by atoms with Crippen LogP contribution in [0.2, 0.25) is 0 Å². The summed E-state index contributed by atoms with van der Waals surface area (Å²) >= 11 is 0. The van der Waals surface area contributed by atoms with E-state index in [4.69, 9.17) is 0 Å². The minimum absolute atomic E-state index is 0.0837. The zero-order valence-corrected chi connectivity index (χ0v) is 13.1. The fraction of sp³-hybridized carbons (Fsp3) is 0.333. The molecule has 0 aliphatic carbocycles. The van der Waals surface area contributed by atoms with Gasteiger partial charge in [-0.05, 0) is 55.2 Å². The van der Waals surface area contributed by atoms with Gasteiger partial charge in [0.2, 0.25) is 0 Å². The Labute approximate surface area is 137 Å². The van der Waals surface area contributed by atoms with Crippen LogP contribution in [0.25, 0.3) is 0 Å². The molecule has 0 heterocycles. The summed E-state index contributed by atoms with van der Waals surface area (Å²) in [6, 6.07) is 8.91. The van der Waals surface area contributed by atoms with E-state index in [1.54, 1.807) is 6.07 Å². The molecule has 1 unspecified atom stereocenters. The Morgan fingerprint density at radius 2 is 1.54 bits per heavy atom. The predicted molar refractivity (Wildman–Crippen MR) is 82.4 cm³/mol. The lowest BCUT2D eigenvalue weighted by Gasteiger charge is -2.14. The van der Waals surface area contributed by atoms with Crippen LogP contribution in [0.3, 0.4) is 0 Å². The second-order valence-electron chi connectivity index (χ2n) is 5.76. The first-order chi connectivity index (χ1) is 11.3. The molecule has 24 heavy (non-hydrogen) atoms. The van der Waals surface area contributed by atoms with Crippen LogP contribution in [0.15, 0.2) is 42.5 Å². The zero-order chi connectivity index (χ0) is 17.7. The van der Waals surface area contributed by atoms with Crippen molar-refractivity contribution < 1.29 is 22.0 Å². The number of nitrogens with one attached hydrogen (secondary N) is 1. The number of hydrogen-bond acceptors (Lipinski definition) is 1. The summed E-state index contributed by atoms with van der Waals surface area (Å²) in [7, 11) is 0. The Kier molecular flexibility index (Phi) is 5.94. The molecule has 0 amide bonds. The number of rotatable bonds is 6. The van der Waals surface area contributed by atoms with Crippen LogP contribution in [-0.4, -0.2) is 6.04 Å². The predicted octanol–water partition coefficient (Wildman–Crippen LogP) is 5.09. The van der Waals surface area contributed by atoms with E-state index in [0.717, 1.165) is 23.8 Å². The molecule has 0 aromatic heterocycles. The summed E-state index contributed by atoms with van der Waals surface area (Å²) in [5, 5.41) is 3.20. The van der Waals surface area contributed by atoms with E-state index in [0.29, 0.717) is 24.9 Å². The maximum Gasteiger partial charge on any atom is 0.416 e. The van der Waals surface area contributed by atoms with Gasteiger partial charge in [0, 0.05) is 12.6 Å². The summed E-state index contributed by atoms with van der Waals surface area (Å²) in [5.74, 6) is -1.73. The van der Waals surface area contributed by atoms with Gasteiger partial charge in [-0.1, -0.05) is 18.2 Å². The van der Waals surface area contributed by atoms with Crippen molar-refractivity contribution in [2.24, 2.45) is 0 Å². The molecule has 2 aromatic carbocycles. The molecule has 0 radical (unpaired) electrons. The van der Waals surface area contributed by atoms with Crippen molar-refractivity contribution in [3.63, 3.8) is 0 Å². The van der Waals surface area contributed by atoms with Crippen LogP contribution < -0.4 is 5.32 Å². The van der Waals surface area contributed by atoms with E-state index in [1.807, 2.05) is 6.92 Å². The van der Waals surface area contributed by atoms with Gasteiger partial charge in [-0.15, -0.1) is 0 Å². The molecule has 1 nitrogen and oxygen atoms in total. The Morgan fingerprint density at radius 3 is 2.12 bits per heavy atom. The molecule has 130 valence electrons. The molecular weight excluding hydrogens is 325 g/mol. The molecule has 0 saturated carbocycles. The van der Waals surface area contributed by atoms with Gasteiger partial charge in [-0.25, -0.2) is 8.78 Å². The molecule has 6 heteroatoms. The average Bonchev–Trinajstić information content (AvgIpc) is 2.53. The molecule has 1 atom stereocenters. The van der Waals surface area contributed by atoms with Crippen LogP contribution in [0.1, 0.15) is 30.0 Å². The molecule has 0 aliphatic heterocycles. The van der Waals surface area contributed by atoms with Crippen molar-refractivity contribution in [2.75, 3.05) is 0 Å². The third-order valence-electron chi connectivity index (χ3n) is 3.79. The maximum absolute atomic E-state index is 13.1. The molecule has 1 N–H and O–H groups in total. The Balaban J connectivity index is 1.80. The molecule has 0 aliphatic rings. The van der Waals surface area contributed by atoms with Crippen LogP contribution in [0.4, 0.5) is 22.0 Å². The molecule has 0 bridgehead atoms. The van der Waals surface area contributed by atoms with Crippen molar-refractivity contribution in [3.8, 4) is 0 Å². The minimum Gasteiger partial charge on any atom is -0.310 e. The quantitative estimate of drug-likeness (QED) is 0.720. The number of hydrogen-bond donors (Lipinski definition) is 1. The average molecular weight is 343 g/mol. The Bertz CT molecular complexity index is 664. The van der Waals surface area contributed by atoms with E-state index >= 15 is 0 Å². The lowest BCUT2D eigenvalue weighted by Crippen LogP contribution is -2.26. The molecule has 2 rings (SSSR count). The monoisotopic (exact) mass is 343 g/mol. The fourth-order valence-corrected chi connectivity index (χ4v) is 2.28. The van der Waals surface area contributed by atoms with Crippen molar-refractivity contribution in [1.82, 2.24) is 5.32 Å². The third-order valence-corrected chi connectivity index (χ3v) is 3.79. The Morgan fingerprint density at radius 1 is 0.917 bits per heavy atom. The highest BCUT2D eigenvalue weighted by Crippen LogP contribution is 2.29. The lowest BCUT2D eigenvalue weighted by atomic mass is 10.1. The summed E-state index contributed by atoms with van der Waals surface area (Å²) < 4.78 is 63.4. The van der Waals surface area contributed by atoms with Crippen LogP contribution in [0, 0.1) is 11.6 Å². The summed E-state index contributed by atoms with van der Waals surface area (Å²) in [4.78, 5) is 0. The lowest BCUT2D eigenvalue weighted by molar-refractivity contribution is -0.137. The van der Waals surface area contributed by atoms with E-state index in [-0.39, 0.29) is 6.04 Å². The van der Waals surface area contributed by atoms with E-state index < -0.39 is 23.4 Å². The summed E-state index contributed by atoms with van der Waals surface area (Å²) in [5.41, 5.74) is 0.789. The van der Waals surface area contributed by atoms with Gasteiger partial charge >= 0.3 is 6.18 Å². The standard InChI is InChI=1S/C18H18F5N/c1-12(2-3-13-6-9-16(19)17(20)10-13)24-11-14-4-7-15(8-5-14)18(21,22)23/h4-10,12,24H,2-3,11H2,1H3. The number of halogens is 5. The molecule has 0 spiro atoms. The van der Waals surface area contributed by atoms with Crippen molar-refractivity contribution in [1.29, 1.82) is 0 Å². The van der Waals surface area contributed by atoms with Gasteiger partial charge in [0.15, 0.2) is 11.6 Å². The van der Waals surface area contributed by atoms with Crippen LogP contribution in [0.5, 0.6) is 0 Å². The van der Waals surface area contributed by atoms with Gasteiger partial charge in [0.1, 0.15) is 0 Å². The highest BCUT2D eigenvalue weighted by molar-refractivity contribution is 5.24. The van der Waals surface area contributed by atoms with Gasteiger partial charge in [0.25, 0.3) is 0 Å². The number of benzene rings is 2. The topological polar surface area (TPSA) is 12.0 Å². The van der Waals surface area contributed by atoms with Gasteiger partial charge in [-0.2, -0.15) is 13.2 Å². The largest absolute Gasteiger partial charge is 0.416 e. The maximum atomic E-state index is 13.1. The van der Waals surface area contributed by atoms with Gasteiger partial charge in [0.05, 0.1) is 5.56 Å². The first-order valence-corrected chi connectivity index (χ1v) is 7.59. The third kappa shape index (κ3) is 5.30. The van der Waals surface area contributed by atoms with Crippen molar-refractivity contribution in [2.45, 2.75) is 38.5 Å². The van der Waals surface area contributed by atoms with E-state index in [9.17, 15) is 22.0 Å². The van der Waals surface area contributed by atoms with Crippen molar-refractivity contribution >= 4 is 0 Å². The first-order valence-electron chi connectivity index (χ1n) is 7.59. The minimum atomic E-state index is -4.33. The molecule has 0 fully saturated rings. The first kappa shape index (κ1) is 18.4. The van der Waals surface area contributed by atoms with E-state index in [2.05, 4.69) is 5.32 Å². The SMILES string of the molecule is CC(CCc1ccc(F)c(F)c1)NCc1ccc(C(F)(F)F)cc1. The summed E-state index contributed by atoms with van der Waals surface area (Å²) in [6.45, 7) is 2.38. The fourth-order valence-electron chi connectivity index (χ4n) is 2.28. The van der Waals surface area contributed by atoms with E-state index in [1.165, 1.54) is 18.2 Å². The molecule has 0 saturated heterocycles. The van der Waals surface area contributed by atoms with Gasteiger partial charge < -0.3 is 5.32 Å². The highest BCUT2D eigenvalue weighted by Gasteiger charge is 2.29.